The van der Waals surface area contributed by atoms with Crippen LogP contribution in [0, 0.1) is 0 Å². The fourth-order valence-electron chi connectivity index (χ4n) is 2.20. The molecule has 1 N–H and O–H groups in total. The van der Waals surface area contributed by atoms with Crippen LogP contribution >= 0.6 is 11.6 Å². The van der Waals surface area contributed by atoms with Gasteiger partial charge in [-0.05, 0) is 38.4 Å². The van der Waals surface area contributed by atoms with Crippen LogP contribution in [-0.4, -0.2) is 41.5 Å². The molecule has 1 aliphatic heterocycles. The van der Waals surface area contributed by atoms with Crippen LogP contribution < -0.4 is 5.32 Å². The molecule has 5 heteroatoms. The quantitative estimate of drug-likeness (QED) is 0.907. The van der Waals surface area contributed by atoms with Gasteiger partial charge < -0.3 is 10.2 Å². The van der Waals surface area contributed by atoms with E-state index < -0.39 is 0 Å². The molecule has 1 aliphatic rings. The number of carbonyl (C=O) groups is 1. The Balaban J connectivity index is 2.02. The summed E-state index contributed by atoms with van der Waals surface area (Å²) in [5.41, 5.74) is 0.458. The Bertz CT molecular complexity index is 401. The lowest BCUT2D eigenvalue weighted by Crippen LogP contribution is -2.41. The van der Waals surface area contributed by atoms with Gasteiger partial charge >= 0.3 is 0 Å². The molecule has 0 aliphatic carbocycles. The molecule has 1 aromatic heterocycles. The van der Waals surface area contributed by atoms with E-state index >= 15 is 0 Å². The van der Waals surface area contributed by atoms with Gasteiger partial charge in [-0.15, -0.1) is 0 Å². The van der Waals surface area contributed by atoms with Crippen LogP contribution in [0.1, 0.15) is 30.3 Å². The second-order valence-corrected chi connectivity index (χ2v) is 4.94. The molecular formula is C13H18ClN3O. The van der Waals surface area contributed by atoms with Gasteiger partial charge in [-0.2, -0.15) is 0 Å². The molecular weight excluding hydrogens is 250 g/mol. The van der Waals surface area contributed by atoms with E-state index in [-0.39, 0.29) is 5.91 Å². The molecule has 1 aromatic rings. The third-order valence-corrected chi connectivity index (χ3v) is 3.44. The van der Waals surface area contributed by atoms with E-state index in [2.05, 4.69) is 10.3 Å². The molecule has 1 unspecified atom stereocenters. The first kappa shape index (κ1) is 13.3. The van der Waals surface area contributed by atoms with Crippen molar-refractivity contribution >= 4 is 17.5 Å². The van der Waals surface area contributed by atoms with Crippen molar-refractivity contribution in [3.05, 3.63) is 29.0 Å². The summed E-state index contributed by atoms with van der Waals surface area (Å²) in [7, 11) is 0. The minimum atomic E-state index is -0.0251. The van der Waals surface area contributed by atoms with Gasteiger partial charge in [0.05, 0.1) is 5.02 Å². The van der Waals surface area contributed by atoms with Gasteiger partial charge in [-0.3, -0.25) is 4.79 Å². The molecule has 18 heavy (non-hydrogen) atoms. The zero-order valence-electron chi connectivity index (χ0n) is 10.5. The first-order chi connectivity index (χ1) is 8.70. The number of hydrogen-bond acceptors (Lipinski definition) is 3. The SMILES string of the molecule is CCN(CC1CCCN1)C(=O)c1ccc(Cl)cn1. The van der Waals surface area contributed by atoms with Crippen molar-refractivity contribution < 1.29 is 4.79 Å². The molecule has 1 saturated heterocycles. The molecule has 4 nitrogen and oxygen atoms in total. The highest BCUT2D eigenvalue weighted by molar-refractivity contribution is 6.30. The zero-order valence-corrected chi connectivity index (χ0v) is 11.3. The first-order valence-corrected chi connectivity index (χ1v) is 6.72. The number of aromatic nitrogens is 1. The second kappa shape index (κ2) is 6.16. The predicted octanol–water partition coefficient (Wildman–Crippen LogP) is 1.95. The van der Waals surface area contributed by atoms with Crippen LogP contribution in [0.25, 0.3) is 0 Å². The average Bonchev–Trinajstić information content (AvgIpc) is 2.89. The molecule has 98 valence electrons. The highest BCUT2D eigenvalue weighted by Gasteiger charge is 2.21. The number of likely N-dealkylation sites (N-methyl/N-ethyl adjacent to an activating group) is 1. The van der Waals surface area contributed by atoms with Crippen molar-refractivity contribution in [1.82, 2.24) is 15.2 Å². The van der Waals surface area contributed by atoms with E-state index in [1.165, 1.54) is 12.6 Å². The lowest BCUT2D eigenvalue weighted by atomic mass is 10.2. The lowest BCUT2D eigenvalue weighted by Gasteiger charge is -2.24. The van der Waals surface area contributed by atoms with E-state index in [9.17, 15) is 4.79 Å². The van der Waals surface area contributed by atoms with Crippen molar-refractivity contribution in [2.75, 3.05) is 19.6 Å². The molecule has 0 spiro atoms. The fourth-order valence-corrected chi connectivity index (χ4v) is 2.31. The number of carbonyl (C=O) groups excluding carboxylic acids is 1. The highest BCUT2D eigenvalue weighted by Crippen LogP contribution is 2.11. The van der Waals surface area contributed by atoms with E-state index in [4.69, 9.17) is 11.6 Å². The molecule has 2 heterocycles. The summed E-state index contributed by atoms with van der Waals surface area (Å²) >= 11 is 5.77. The summed E-state index contributed by atoms with van der Waals surface area (Å²) in [5.74, 6) is -0.0251. The number of nitrogens with one attached hydrogen (secondary N) is 1. The van der Waals surface area contributed by atoms with Gasteiger partial charge in [0, 0.05) is 25.3 Å². The predicted molar refractivity (Wildman–Crippen MR) is 71.8 cm³/mol. The number of hydrogen-bond donors (Lipinski definition) is 1. The van der Waals surface area contributed by atoms with Crippen molar-refractivity contribution in [1.29, 1.82) is 0 Å². The number of rotatable bonds is 4. The van der Waals surface area contributed by atoms with Crippen molar-refractivity contribution in [3.63, 3.8) is 0 Å². The Kier molecular flexibility index (Phi) is 4.55. The van der Waals surface area contributed by atoms with Gasteiger partial charge in [-0.1, -0.05) is 11.6 Å². The monoisotopic (exact) mass is 267 g/mol. The Labute approximate surface area is 112 Å². The molecule has 1 amide bonds. The molecule has 0 bridgehead atoms. The van der Waals surface area contributed by atoms with E-state index in [1.54, 1.807) is 12.1 Å². The van der Waals surface area contributed by atoms with Crippen LogP contribution in [0.15, 0.2) is 18.3 Å². The van der Waals surface area contributed by atoms with Crippen molar-refractivity contribution in [2.24, 2.45) is 0 Å². The topological polar surface area (TPSA) is 45.2 Å². The number of halogens is 1. The molecule has 0 saturated carbocycles. The maximum atomic E-state index is 12.3. The fraction of sp³-hybridized carbons (Fsp3) is 0.538. The van der Waals surface area contributed by atoms with Crippen LogP contribution in [0.2, 0.25) is 5.02 Å². The second-order valence-electron chi connectivity index (χ2n) is 4.50. The zero-order chi connectivity index (χ0) is 13.0. The molecule has 0 aromatic carbocycles. The Morgan fingerprint density at radius 3 is 3.00 bits per heavy atom. The molecule has 1 fully saturated rings. The Hall–Kier alpha value is -1.13. The maximum Gasteiger partial charge on any atom is 0.272 e. The molecule has 1 atom stereocenters. The lowest BCUT2D eigenvalue weighted by molar-refractivity contribution is 0.0745. The van der Waals surface area contributed by atoms with Gasteiger partial charge in [0.1, 0.15) is 5.69 Å². The van der Waals surface area contributed by atoms with Crippen molar-refractivity contribution in [2.45, 2.75) is 25.8 Å². The minimum absolute atomic E-state index is 0.0251. The van der Waals surface area contributed by atoms with Crippen LogP contribution in [0.3, 0.4) is 0 Å². The first-order valence-electron chi connectivity index (χ1n) is 6.35. The van der Waals surface area contributed by atoms with E-state index in [0.717, 1.165) is 19.5 Å². The summed E-state index contributed by atoms with van der Waals surface area (Å²) < 4.78 is 0. The minimum Gasteiger partial charge on any atom is -0.336 e. The molecule has 2 rings (SSSR count). The summed E-state index contributed by atoms with van der Waals surface area (Å²) in [6, 6.07) is 3.79. The van der Waals surface area contributed by atoms with Crippen LogP contribution in [0.5, 0.6) is 0 Å². The van der Waals surface area contributed by atoms with Gasteiger partial charge in [0.25, 0.3) is 5.91 Å². The third-order valence-electron chi connectivity index (χ3n) is 3.22. The highest BCUT2D eigenvalue weighted by atomic mass is 35.5. The number of nitrogens with zero attached hydrogens (tertiary/aromatic N) is 2. The van der Waals surface area contributed by atoms with Gasteiger partial charge in [-0.25, -0.2) is 4.98 Å². The van der Waals surface area contributed by atoms with E-state index in [0.29, 0.717) is 23.3 Å². The van der Waals surface area contributed by atoms with Crippen molar-refractivity contribution in [3.8, 4) is 0 Å². The van der Waals surface area contributed by atoms with Gasteiger partial charge in [0.2, 0.25) is 0 Å². The van der Waals surface area contributed by atoms with Crippen LogP contribution in [-0.2, 0) is 0 Å². The molecule has 0 radical (unpaired) electrons. The summed E-state index contributed by atoms with van der Waals surface area (Å²) in [6.07, 6.45) is 3.84. The Morgan fingerprint density at radius 2 is 2.44 bits per heavy atom. The summed E-state index contributed by atoms with van der Waals surface area (Å²) in [6.45, 7) is 4.49. The Morgan fingerprint density at radius 1 is 1.61 bits per heavy atom. The third kappa shape index (κ3) is 3.21. The average molecular weight is 268 g/mol. The number of amides is 1. The summed E-state index contributed by atoms with van der Waals surface area (Å²) in [5, 5.41) is 3.95. The smallest absolute Gasteiger partial charge is 0.272 e. The van der Waals surface area contributed by atoms with E-state index in [1.807, 2.05) is 11.8 Å². The standard InChI is InChI=1S/C13H18ClN3O/c1-2-17(9-11-4-3-7-15-11)13(18)12-6-5-10(14)8-16-12/h5-6,8,11,15H,2-4,7,9H2,1H3. The summed E-state index contributed by atoms with van der Waals surface area (Å²) in [4.78, 5) is 18.2. The maximum absolute atomic E-state index is 12.3. The normalized spacial score (nSPS) is 18.9. The number of pyridine rings is 1. The van der Waals surface area contributed by atoms with Crippen LogP contribution in [0.4, 0.5) is 0 Å². The van der Waals surface area contributed by atoms with Gasteiger partial charge in [0.15, 0.2) is 0 Å². The largest absolute Gasteiger partial charge is 0.336 e.